The van der Waals surface area contributed by atoms with E-state index in [4.69, 9.17) is 4.74 Å². The first-order chi connectivity index (χ1) is 9.28. The Hall–Kier alpha value is -1.88. The van der Waals surface area contributed by atoms with Gasteiger partial charge in [0.05, 0.1) is 23.6 Å². The van der Waals surface area contributed by atoms with Crippen molar-refractivity contribution in [3.8, 4) is 5.75 Å². The molecule has 4 nitrogen and oxygen atoms in total. The van der Waals surface area contributed by atoms with Gasteiger partial charge in [0.2, 0.25) is 0 Å². The van der Waals surface area contributed by atoms with Gasteiger partial charge in [0, 0.05) is 0 Å². The molecule has 0 unspecified atom stereocenters. The van der Waals surface area contributed by atoms with Crippen LogP contribution in [0.3, 0.4) is 0 Å². The Morgan fingerprint density at radius 3 is 2.84 bits per heavy atom. The summed E-state index contributed by atoms with van der Waals surface area (Å²) in [5.74, 6) is 0.826. The maximum absolute atomic E-state index is 5.22. The predicted octanol–water partition coefficient (Wildman–Crippen LogP) is 3.25. The predicted molar refractivity (Wildman–Crippen MR) is 77.3 cm³/mol. The van der Waals surface area contributed by atoms with Crippen molar-refractivity contribution in [1.82, 2.24) is 15.0 Å². The van der Waals surface area contributed by atoms with Gasteiger partial charge in [0.25, 0.3) is 0 Å². The third kappa shape index (κ3) is 2.33. The van der Waals surface area contributed by atoms with Crippen molar-refractivity contribution < 1.29 is 4.74 Å². The summed E-state index contributed by atoms with van der Waals surface area (Å²) in [4.78, 5) is 0. The van der Waals surface area contributed by atoms with Gasteiger partial charge in [-0.25, -0.2) is 4.68 Å². The van der Waals surface area contributed by atoms with Crippen molar-refractivity contribution >= 4 is 27.0 Å². The van der Waals surface area contributed by atoms with Crippen LogP contribution in [0.25, 0.3) is 11.0 Å². The number of hydrogen-bond acceptors (Lipinski definition) is 3. The smallest absolute Gasteiger partial charge is 0.133 e. The molecule has 2 aromatic carbocycles. The number of para-hydroxylation sites is 1. The zero-order valence-corrected chi connectivity index (χ0v) is 12.0. The van der Waals surface area contributed by atoms with Gasteiger partial charge in [-0.1, -0.05) is 23.4 Å². The van der Waals surface area contributed by atoms with E-state index < -0.39 is 0 Å². The Labute approximate surface area is 119 Å². The third-order valence-electron chi connectivity index (χ3n) is 2.97. The van der Waals surface area contributed by atoms with Crippen LogP contribution in [0.2, 0.25) is 0 Å². The number of halogens is 1. The van der Waals surface area contributed by atoms with Crippen LogP contribution in [0, 0.1) is 0 Å². The molecule has 0 saturated heterocycles. The monoisotopic (exact) mass is 317 g/mol. The molecular weight excluding hydrogens is 306 g/mol. The molecule has 19 heavy (non-hydrogen) atoms. The lowest BCUT2D eigenvalue weighted by Crippen LogP contribution is -2.02. The van der Waals surface area contributed by atoms with Crippen LogP contribution in [-0.4, -0.2) is 22.1 Å². The summed E-state index contributed by atoms with van der Waals surface area (Å²) in [6, 6.07) is 13.9. The quantitative estimate of drug-likeness (QED) is 0.744. The molecule has 0 spiro atoms. The Kier molecular flexibility index (Phi) is 3.21. The Balaban J connectivity index is 1.95. The molecule has 1 aromatic heterocycles. The number of fused-ring (bicyclic) bond motifs is 1. The number of rotatable bonds is 3. The molecule has 0 bridgehead atoms. The molecule has 3 rings (SSSR count). The Bertz CT molecular complexity index is 724. The highest BCUT2D eigenvalue weighted by atomic mass is 79.9. The minimum absolute atomic E-state index is 0.684. The molecule has 0 aliphatic carbocycles. The Morgan fingerprint density at radius 2 is 2.05 bits per heavy atom. The molecule has 1 heterocycles. The van der Waals surface area contributed by atoms with Crippen molar-refractivity contribution in [2.75, 3.05) is 7.11 Å². The highest BCUT2D eigenvalue weighted by Gasteiger charge is 2.06. The van der Waals surface area contributed by atoms with Crippen LogP contribution in [0.5, 0.6) is 5.75 Å². The number of aromatic nitrogens is 3. The summed E-state index contributed by atoms with van der Waals surface area (Å²) in [6.45, 7) is 0.684. The average molecular weight is 318 g/mol. The lowest BCUT2D eigenvalue weighted by Gasteiger charge is -2.06. The first kappa shape index (κ1) is 12.2. The van der Waals surface area contributed by atoms with E-state index in [1.807, 2.05) is 47.1 Å². The normalized spacial score (nSPS) is 10.8. The maximum Gasteiger partial charge on any atom is 0.133 e. The fourth-order valence-electron chi connectivity index (χ4n) is 2.02. The minimum atomic E-state index is 0.684. The van der Waals surface area contributed by atoms with E-state index in [2.05, 4.69) is 26.2 Å². The second kappa shape index (κ2) is 5.01. The van der Waals surface area contributed by atoms with Crippen LogP contribution < -0.4 is 4.74 Å². The number of hydrogen-bond donors (Lipinski definition) is 0. The van der Waals surface area contributed by atoms with Gasteiger partial charge < -0.3 is 4.74 Å². The van der Waals surface area contributed by atoms with Crippen molar-refractivity contribution in [2.45, 2.75) is 6.54 Å². The summed E-state index contributed by atoms with van der Waals surface area (Å²) >= 11 is 3.49. The van der Waals surface area contributed by atoms with Crippen LogP contribution in [0.4, 0.5) is 0 Å². The Morgan fingerprint density at radius 1 is 1.21 bits per heavy atom. The molecule has 0 saturated carbocycles. The lowest BCUT2D eigenvalue weighted by molar-refractivity contribution is 0.412. The van der Waals surface area contributed by atoms with Gasteiger partial charge in [0.15, 0.2) is 0 Å². The highest BCUT2D eigenvalue weighted by molar-refractivity contribution is 9.10. The first-order valence-corrected chi connectivity index (χ1v) is 6.68. The largest absolute Gasteiger partial charge is 0.496 e. The molecule has 0 aliphatic heterocycles. The molecule has 0 N–H and O–H groups in total. The molecule has 0 amide bonds. The summed E-state index contributed by atoms with van der Waals surface area (Å²) in [5.41, 5.74) is 3.09. The van der Waals surface area contributed by atoms with Crippen molar-refractivity contribution in [1.29, 1.82) is 0 Å². The zero-order valence-electron chi connectivity index (χ0n) is 10.4. The van der Waals surface area contributed by atoms with Crippen molar-refractivity contribution in [3.63, 3.8) is 0 Å². The highest BCUT2D eigenvalue weighted by Crippen LogP contribution is 2.26. The van der Waals surface area contributed by atoms with Crippen molar-refractivity contribution in [2.24, 2.45) is 0 Å². The second-order valence-corrected chi connectivity index (χ2v) is 5.06. The molecule has 5 heteroatoms. The summed E-state index contributed by atoms with van der Waals surface area (Å²) in [6.07, 6.45) is 0. The number of ether oxygens (including phenoxy) is 1. The van der Waals surface area contributed by atoms with Gasteiger partial charge in [-0.05, 0) is 45.8 Å². The second-order valence-electron chi connectivity index (χ2n) is 4.20. The average Bonchev–Trinajstić information content (AvgIpc) is 2.83. The van der Waals surface area contributed by atoms with Gasteiger partial charge >= 0.3 is 0 Å². The summed E-state index contributed by atoms with van der Waals surface area (Å²) in [5, 5.41) is 8.33. The van der Waals surface area contributed by atoms with Gasteiger partial charge in [0.1, 0.15) is 11.3 Å². The fraction of sp³-hybridized carbons (Fsp3) is 0.143. The van der Waals surface area contributed by atoms with E-state index in [1.165, 1.54) is 0 Å². The molecule has 0 atom stereocenters. The molecule has 3 aromatic rings. The first-order valence-electron chi connectivity index (χ1n) is 5.88. The number of methoxy groups -OCH3 is 1. The van der Waals surface area contributed by atoms with E-state index in [0.717, 1.165) is 26.8 Å². The number of nitrogens with zero attached hydrogens (tertiary/aromatic N) is 3. The summed E-state index contributed by atoms with van der Waals surface area (Å²) < 4.78 is 8.06. The van der Waals surface area contributed by atoms with E-state index in [9.17, 15) is 0 Å². The lowest BCUT2D eigenvalue weighted by atomic mass is 10.2. The molecule has 0 radical (unpaired) electrons. The fourth-order valence-corrected chi connectivity index (χ4v) is 2.60. The summed E-state index contributed by atoms with van der Waals surface area (Å²) in [7, 11) is 1.66. The SMILES string of the molecule is COc1ccc(Cn2nnc3ccccc32)cc1Br. The topological polar surface area (TPSA) is 39.9 Å². The van der Waals surface area contributed by atoms with Crippen LogP contribution >= 0.6 is 15.9 Å². The maximum atomic E-state index is 5.22. The third-order valence-corrected chi connectivity index (χ3v) is 3.59. The van der Waals surface area contributed by atoms with Crippen LogP contribution in [-0.2, 0) is 6.54 Å². The molecule has 0 fully saturated rings. The van der Waals surface area contributed by atoms with Gasteiger partial charge in [-0.15, -0.1) is 5.10 Å². The number of benzene rings is 2. The zero-order chi connectivity index (χ0) is 13.2. The standard InChI is InChI=1S/C14H12BrN3O/c1-19-14-7-6-10(8-11(14)15)9-18-13-5-3-2-4-12(13)16-17-18/h2-8H,9H2,1H3. The molecular formula is C14H12BrN3O. The van der Waals surface area contributed by atoms with E-state index in [0.29, 0.717) is 6.54 Å². The molecule has 96 valence electrons. The van der Waals surface area contributed by atoms with Gasteiger partial charge in [-0.2, -0.15) is 0 Å². The minimum Gasteiger partial charge on any atom is -0.496 e. The van der Waals surface area contributed by atoms with E-state index >= 15 is 0 Å². The molecule has 0 aliphatic rings. The van der Waals surface area contributed by atoms with Crippen LogP contribution in [0.1, 0.15) is 5.56 Å². The van der Waals surface area contributed by atoms with Crippen molar-refractivity contribution in [3.05, 3.63) is 52.5 Å². The van der Waals surface area contributed by atoms with E-state index in [1.54, 1.807) is 7.11 Å². The van der Waals surface area contributed by atoms with Crippen LogP contribution in [0.15, 0.2) is 46.9 Å². The van der Waals surface area contributed by atoms with E-state index in [-0.39, 0.29) is 0 Å². The van der Waals surface area contributed by atoms with Gasteiger partial charge in [-0.3, -0.25) is 0 Å².